The van der Waals surface area contributed by atoms with Crippen LogP contribution in [0.3, 0.4) is 0 Å². The molecule has 0 aromatic carbocycles. The summed E-state index contributed by atoms with van der Waals surface area (Å²) in [6.07, 6.45) is 4.00. The Hall–Kier alpha value is -1.14. The minimum absolute atomic E-state index is 0.320. The average Bonchev–Trinajstić information content (AvgIpc) is 2.86. The maximum absolute atomic E-state index is 11.3. The van der Waals surface area contributed by atoms with Gasteiger partial charge in [-0.15, -0.1) is 0 Å². The van der Waals surface area contributed by atoms with Crippen LogP contribution in [0, 0.1) is 5.92 Å². The second kappa shape index (κ2) is 6.15. The molecule has 6 heteroatoms. The van der Waals surface area contributed by atoms with Crippen molar-refractivity contribution in [3.8, 4) is 0 Å². The lowest BCUT2D eigenvalue weighted by molar-refractivity contribution is 0.0606. The van der Waals surface area contributed by atoms with E-state index in [-0.39, 0.29) is 5.97 Å². The number of nitrogens with one attached hydrogen (secondary N) is 1. The van der Waals surface area contributed by atoms with Gasteiger partial charge >= 0.3 is 5.97 Å². The number of hydrogen-bond donors (Lipinski definition) is 1. The zero-order valence-corrected chi connectivity index (χ0v) is 11.6. The van der Waals surface area contributed by atoms with Crippen LogP contribution in [0.5, 0.6) is 0 Å². The van der Waals surface area contributed by atoms with E-state index in [9.17, 15) is 4.79 Å². The van der Waals surface area contributed by atoms with Gasteiger partial charge < -0.3 is 15.0 Å². The van der Waals surface area contributed by atoms with Crippen LogP contribution in [-0.4, -0.2) is 49.6 Å². The molecule has 1 aliphatic rings. The van der Waals surface area contributed by atoms with Crippen LogP contribution in [0.4, 0.5) is 5.13 Å². The molecule has 0 unspecified atom stereocenters. The lowest BCUT2D eigenvalue weighted by Crippen LogP contribution is -2.32. The fourth-order valence-electron chi connectivity index (χ4n) is 2.05. The SMILES string of the molecule is COC(=O)c1cnc(NCC2CCN(C)CC2)s1. The first-order valence-electron chi connectivity index (χ1n) is 6.15. The topological polar surface area (TPSA) is 54.5 Å². The van der Waals surface area contributed by atoms with Gasteiger partial charge in [-0.25, -0.2) is 9.78 Å². The molecule has 18 heavy (non-hydrogen) atoms. The van der Waals surface area contributed by atoms with Crippen LogP contribution >= 0.6 is 11.3 Å². The number of aromatic nitrogens is 1. The predicted octanol–water partition coefficient (Wildman–Crippen LogP) is 1.68. The fourth-order valence-corrected chi connectivity index (χ4v) is 2.79. The van der Waals surface area contributed by atoms with Gasteiger partial charge in [0.1, 0.15) is 4.88 Å². The maximum atomic E-state index is 11.3. The second-order valence-electron chi connectivity index (χ2n) is 4.65. The van der Waals surface area contributed by atoms with Gasteiger partial charge in [0.05, 0.1) is 13.3 Å². The number of nitrogens with zero attached hydrogens (tertiary/aromatic N) is 2. The Balaban J connectivity index is 1.79. The van der Waals surface area contributed by atoms with Crippen molar-refractivity contribution in [3.63, 3.8) is 0 Å². The van der Waals surface area contributed by atoms with Gasteiger partial charge in [0, 0.05) is 6.54 Å². The highest BCUT2D eigenvalue weighted by molar-refractivity contribution is 7.17. The van der Waals surface area contributed by atoms with E-state index in [1.54, 1.807) is 6.20 Å². The first kappa shape index (κ1) is 13.3. The molecule has 100 valence electrons. The lowest BCUT2D eigenvalue weighted by Gasteiger charge is -2.28. The van der Waals surface area contributed by atoms with Gasteiger partial charge in [0.2, 0.25) is 0 Å². The summed E-state index contributed by atoms with van der Waals surface area (Å²) < 4.78 is 4.65. The summed E-state index contributed by atoms with van der Waals surface area (Å²) in [6.45, 7) is 3.26. The number of hydrogen-bond acceptors (Lipinski definition) is 6. The minimum Gasteiger partial charge on any atom is -0.465 e. The summed E-state index contributed by atoms with van der Waals surface area (Å²) in [5.41, 5.74) is 0. The summed E-state index contributed by atoms with van der Waals surface area (Å²) in [5, 5.41) is 4.11. The molecule has 1 aliphatic heterocycles. The number of piperidine rings is 1. The van der Waals surface area contributed by atoms with Crippen molar-refractivity contribution in [1.82, 2.24) is 9.88 Å². The first-order chi connectivity index (χ1) is 8.69. The number of carbonyl (C=O) groups is 1. The molecule has 0 amide bonds. The third-order valence-electron chi connectivity index (χ3n) is 3.27. The monoisotopic (exact) mass is 269 g/mol. The number of carbonyl (C=O) groups excluding carboxylic acids is 1. The van der Waals surface area contributed by atoms with E-state index in [0.29, 0.717) is 10.8 Å². The zero-order valence-electron chi connectivity index (χ0n) is 10.8. The number of rotatable bonds is 4. The smallest absolute Gasteiger partial charge is 0.349 e. The van der Waals surface area contributed by atoms with Crippen molar-refractivity contribution < 1.29 is 9.53 Å². The third kappa shape index (κ3) is 3.43. The molecular formula is C12H19N3O2S. The summed E-state index contributed by atoms with van der Waals surface area (Å²) in [7, 11) is 3.54. The van der Waals surface area contributed by atoms with Crippen molar-refractivity contribution in [1.29, 1.82) is 0 Å². The van der Waals surface area contributed by atoms with Crippen LogP contribution in [0.15, 0.2) is 6.20 Å². The second-order valence-corrected chi connectivity index (χ2v) is 5.68. The van der Waals surface area contributed by atoms with Crippen molar-refractivity contribution in [3.05, 3.63) is 11.1 Å². The van der Waals surface area contributed by atoms with Gasteiger partial charge in [0.15, 0.2) is 5.13 Å². The number of methoxy groups -OCH3 is 1. The molecule has 1 aromatic heterocycles. The quantitative estimate of drug-likeness (QED) is 0.843. The third-order valence-corrected chi connectivity index (χ3v) is 4.21. The summed E-state index contributed by atoms with van der Waals surface area (Å²) >= 11 is 1.35. The number of likely N-dealkylation sites (tertiary alicyclic amines) is 1. The Bertz CT molecular complexity index is 400. The van der Waals surface area contributed by atoms with E-state index in [4.69, 9.17) is 0 Å². The summed E-state index contributed by atoms with van der Waals surface area (Å²) in [4.78, 5) is 18.4. The van der Waals surface area contributed by atoms with Gasteiger partial charge in [0.25, 0.3) is 0 Å². The Kier molecular flexibility index (Phi) is 4.54. The molecule has 1 fully saturated rings. The summed E-state index contributed by atoms with van der Waals surface area (Å²) in [5.74, 6) is 0.381. The van der Waals surface area contributed by atoms with Crippen LogP contribution in [-0.2, 0) is 4.74 Å². The van der Waals surface area contributed by atoms with Gasteiger partial charge in [-0.3, -0.25) is 0 Å². The molecule has 2 rings (SSSR count). The van der Waals surface area contributed by atoms with E-state index < -0.39 is 0 Å². The molecular weight excluding hydrogens is 250 g/mol. The van der Waals surface area contributed by atoms with E-state index in [1.165, 1.54) is 31.3 Å². The molecule has 0 radical (unpaired) electrons. The van der Waals surface area contributed by atoms with Crippen molar-refractivity contribution in [2.45, 2.75) is 12.8 Å². The molecule has 0 atom stereocenters. The summed E-state index contributed by atoms with van der Waals surface area (Å²) in [6, 6.07) is 0. The predicted molar refractivity (Wildman–Crippen MR) is 72.2 cm³/mol. The number of ether oxygens (including phenoxy) is 1. The van der Waals surface area contributed by atoms with Crippen LogP contribution in [0.1, 0.15) is 22.5 Å². The van der Waals surface area contributed by atoms with Crippen molar-refractivity contribution in [2.24, 2.45) is 5.92 Å². The highest BCUT2D eigenvalue weighted by Gasteiger charge is 2.17. The van der Waals surface area contributed by atoms with Crippen molar-refractivity contribution >= 4 is 22.4 Å². The molecule has 0 spiro atoms. The Morgan fingerprint density at radius 3 is 3.00 bits per heavy atom. The number of anilines is 1. The van der Waals surface area contributed by atoms with Crippen LogP contribution in [0.2, 0.25) is 0 Å². The molecule has 0 aliphatic carbocycles. The fraction of sp³-hybridized carbons (Fsp3) is 0.667. The number of esters is 1. The minimum atomic E-state index is -0.320. The van der Waals surface area contributed by atoms with Gasteiger partial charge in [-0.2, -0.15) is 0 Å². The Morgan fingerprint density at radius 2 is 2.33 bits per heavy atom. The largest absolute Gasteiger partial charge is 0.465 e. The molecule has 2 heterocycles. The highest BCUT2D eigenvalue weighted by Crippen LogP contribution is 2.21. The van der Waals surface area contributed by atoms with E-state index >= 15 is 0 Å². The lowest BCUT2D eigenvalue weighted by atomic mass is 9.97. The Morgan fingerprint density at radius 1 is 1.61 bits per heavy atom. The molecule has 5 nitrogen and oxygen atoms in total. The number of thiazole rings is 1. The van der Waals surface area contributed by atoms with Crippen LogP contribution in [0.25, 0.3) is 0 Å². The van der Waals surface area contributed by atoms with E-state index in [0.717, 1.165) is 24.8 Å². The van der Waals surface area contributed by atoms with E-state index in [2.05, 4.69) is 27.0 Å². The standard InChI is InChI=1S/C12H19N3O2S/c1-15-5-3-9(4-6-15)7-13-12-14-8-10(18-12)11(16)17-2/h8-9H,3-7H2,1-2H3,(H,13,14). The van der Waals surface area contributed by atoms with Crippen LogP contribution < -0.4 is 5.32 Å². The van der Waals surface area contributed by atoms with Gasteiger partial charge in [-0.05, 0) is 38.9 Å². The molecule has 0 saturated carbocycles. The van der Waals surface area contributed by atoms with Gasteiger partial charge in [-0.1, -0.05) is 11.3 Å². The average molecular weight is 269 g/mol. The maximum Gasteiger partial charge on any atom is 0.349 e. The zero-order chi connectivity index (χ0) is 13.0. The normalized spacial score (nSPS) is 17.7. The Labute approximate surface area is 111 Å². The first-order valence-corrected chi connectivity index (χ1v) is 6.97. The molecule has 1 saturated heterocycles. The molecule has 0 bridgehead atoms. The highest BCUT2D eigenvalue weighted by atomic mass is 32.1. The van der Waals surface area contributed by atoms with Crippen molar-refractivity contribution in [2.75, 3.05) is 39.1 Å². The van der Waals surface area contributed by atoms with E-state index in [1.807, 2.05) is 0 Å². The molecule has 1 N–H and O–H groups in total. The molecule has 1 aromatic rings.